The Morgan fingerprint density at radius 3 is 2.37 bits per heavy atom. The zero-order valence-electron chi connectivity index (χ0n) is 19.4. The van der Waals surface area contributed by atoms with Crippen molar-refractivity contribution < 1.29 is 35.9 Å². The summed E-state index contributed by atoms with van der Waals surface area (Å²) in [5, 5.41) is 5.23. The van der Waals surface area contributed by atoms with Crippen LogP contribution in [0.25, 0.3) is 0 Å². The van der Waals surface area contributed by atoms with Crippen LogP contribution in [0.3, 0.4) is 0 Å². The predicted molar refractivity (Wildman–Crippen MR) is 116 cm³/mol. The van der Waals surface area contributed by atoms with Crippen molar-refractivity contribution in [1.29, 1.82) is 0 Å². The first-order valence-corrected chi connectivity index (χ1v) is 11.0. The van der Waals surface area contributed by atoms with E-state index in [2.05, 4.69) is 10.6 Å². The van der Waals surface area contributed by atoms with Crippen molar-refractivity contribution in [1.82, 2.24) is 20.4 Å². The summed E-state index contributed by atoms with van der Waals surface area (Å²) in [4.78, 5) is 27.6. The first-order chi connectivity index (χ1) is 16.4. The van der Waals surface area contributed by atoms with Crippen LogP contribution in [0, 0.1) is 17.5 Å². The maximum atomic E-state index is 13.9. The van der Waals surface area contributed by atoms with Gasteiger partial charge in [0.25, 0.3) is 5.91 Å². The molecule has 1 saturated heterocycles. The maximum absolute atomic E-state index is 13.9. The van der Waals surface area contributed by atoms with Gasteiger partial charge in [0.1, 0.15) is 18.1 Å². The number of carbonyl (C=O) groups is 2. The summed E-state index contributed by atoms with van der Waals surface area (Å²) in [6.07, 6.45) is -4.49. The third kappa shape index (κ3) is 8.05. The normalized spacial score (nSPS) is 16.7. The third-order valence-electron chi connectivity index (χ3n) is 5.39. The van der Waals surface area contributed by atoms with Crippen LogP contribution in [0.4, 0.5) is 26.3 Å². The Morgan fingerprint density at radius 1 is 1.11 bits per heavy atom. The molecule has 1 aromatic carbocycles. The Morgan fingerprint density at radius 2 is 1.77 bits per heavy atom. The average Bonchev–Trinajstić information content (AvgIpc) is 2.76. The van der Waals surface area contributed by atoms with Crippen LogP contribution in [0.1, 0.15) is 25.3 Å². The Kier molecular flexibility index (Phi) is 9.81. The topological polar surface area (TPSA) is 90.7 Å². The number of rotatable bonds is 9. The fourth-order valence-corrected chi connectivity index (χ4v) is 3.72. The number of nitrogens with two attached hydrogens (primary N) is 1. The van der Waals surface area contributed by atoms with Gasteiger partial charge in [-0.25, -0.2) is 13.2 Å². The summed E-state index contributed by atoms with van der Waals surface area (Å²) < 4.78 is 79.9. The first kappa shape index (κ1) is 28.3. The van der Waals surface area contributed by atoms with Crippen LogP contribution in [0.2, 0.25) is 0 Å². The summed E-state index contributed by atoms with van der Waals surface area (Å²) in [5.41, 5.74) is 5.63. The third-order valence-corrected chi connectivity index (χ3v) is 5.39. The standard InChI is InChI=1S/C22H29F6N5O2/c1-3-4-31-21(35)20(30-2)18-11-32(5-6-33(18)12-22(26,27)28)19(34)9-14(29)7-13-8-16(24)17(25)10-15(13)23/h8,10,14,30H,3-7,9,11-12,29H2,1-2H3,(H,31,35)/b20-18-. The van der Waals surface area contributed by atoms with E-state index in [4.69, 9.17) is 5.73 Å². The number of likely N-dealkylation sites (N-methyl/N-ethyl adjacent to an activating group) is 1. The van der Waals surface area contributed by atoms with Gasteiger partial charge in [-0.05, 0) is 24.5 Å². The van der Waals surface area contributed by atoms with Gasteiger partial charge in [0.2, 0.25) is 5.91 Å². The molecule has 0 spiro atoms. The molecule has 2 rings (SSSR count). The molecular formula is C22H29F6N5O2. The Labute approximate surface area is 199 Å². The van der Waals surface area contributed by atoms with Crippen molar-refractivity contribution in [3.8, 4) is 0 Å². The van der Waals surface area contributed by atoms with E-state index in [1.54, 1.807) is 0 Å². The molecule has 196 valence electrons. The lowest BCUT2D eigenvalue weighted by molar-refractivity contribution is -0.147. The predicted octanol–water partition coefficient (Wildman–Crippen LogP) is 2.03. The van der Waals surface area contributed by atoms with Crippen molar-refractivity contribution in [2.24, 2.45) is 5.73 Å². The van der Waals surface area contributed by atoms with E-state index in [1.165, 1.54) is 11.9 Å². The molecule has 1 unspecified atom stereocenters. The number of nitrogens with one attached hydrogen (secondary N) is 2. The molecule has 1 atom stereocenters. The molecule has 1 heterocycles. The second-order valence-electron chi connectivity index (χ2n) is 8.21. The molecule has 0 saturated carbocycles. The Hall–Kier alpha value is -2.96. The Balaban J connectivity index is 2.19. The quantitative estimate of drug-likeness (QED) is 0.269. The lowest BCUT2D eigenvalue weighted by Gasteiger charge is -2.39. The summed E-state index contributed by atoms with van der Waals surface area (Å²) in [6, 6.07) is 0.0953. The van der Waals surface area contributed by atoms with Crippen LogP contribution < -0.4 is 16.4 Å². The molecule has 7 nitrogen and oxygen atoms in total. The van der Waals surface area contributed by atoms with Gasteiger partial charge in [-0.15, -0.1) is 0 Å². The van der Waals surface area contributed by atoms with Gasteiger partial charge in [0.05, 0.1) is 12.2 Å². The smallest absolute Gasteiger partial charge is 0.382 e. The van der Waals surface area contributed by atoms with Gasteiger partial charge in [-0.2, -0.15) is 13.2 Å². The molecule has 0 aliphatic carbocycles. The summed E-state index contributed by atoms with van der Waals surface area (Å²) in [6.45, 7) is 0.313. The zero-order valence-corrected chi connectivity index (χ0v) is 19.4. The molecule has 2 amide bonds. The van der Waals surface area contributed by atoms with Gasteiger partial charge in [-0.1, -0.05) is 6.92 Å². The summed E-state index contributed by atoms with van der Waals surface area (Å²) in [7, 11) is 1.40. The number of carbonyl (C=O) groups excluding carboxylic acids is 2. The lowest BCUT2D eigenvalue weighted by Crippen LogP contribution is -2.52. The van der Waals surface area contributed by atoms with Crippen LogP contribution in [0.15, 0.2) is 23.5 Å². The molecule has 0 bridgehead atoms. The second kappa shape index (κ2) is 12.1. The van der Waals surface area contributed by atoms with Crippen LogP contribution in [0.5, 0.6) is 0 Å². The molecule has 0 radical (unpaired) electrons. The van der Waals surface area contributed by atoms with Gasteiger partial charge in [0.15, 0.2) is 11.6 Å². The number of halogens is 6. The summed E-state index contributed by atoms with van der Waals surface area (Å²) >= 11 is 0. The number of alkyl halides is 3. The number of benzene rings is 1. The largest absolute Gasteiger partial charge is 0.405 e. The van der Waals surface area contributed by atoms with E-state index in [0.29, 0.717) is 25.1 Å². The number of nitrogens with zero attached hydrogens (tertiary/aromatic N) is 2. The lowest BCUT2D eigenvalue weighted by atomic mass is 10.0. The first-order valence-electron chi connectivity index (χ1n) is 11.0. The van der Waals surface area contributed by atoms with Crippen LogP contribution in [-0.2, 0) is 16.0 Å². The SMILES string of the molecule is CCCNC(=O)/C(NC)=C1\CN(C(=O)CC(N)Cc2cc(F)c(F)cc2F)CCN1CC(F)(F)F. The fourth-order valence-electron chi connectivity index (χ4n) is 3.72. The van der Waals surface area contributed by atoms with Crippen molar-refractivity contribution >= 4 is 11.8 Å². The number of amides is 2. The van der Waals surface area contributed by atoms with Gasteiger partial charge < -0.3 is 26.2 Å². The van der Waals surface area contributed by atoms with Crippen LogP contribution in [-0.4, -0.2) is 73.6 Å². The van der Waals surface area contributed by atoms with Gasteiger partial charge in [0, 0.05) is 45.2 Å². The van der Waals surface area contributed by atoms with E-state index in [-0.39, 0.29) is 49.4 Å². The van der Waals surface area contributed by atoms with Crippen molar-refractivity contribution in [3.05, 3.63) is 46.5 Å². The van der Waals surface area contributed by atoms with Gasteiger partial charge >= 0.3 is 6.18 Å². The minimum Gasteiger partial charge on any atom is -0.382 e. The molecule has 1 aliphatic rings. The Bertz CT molecular complexity index is 953. The van der Waals surface area contributed by atoms with Crippen molar-refractivity contribution in [2.75, 3.05) is 39.8 Å². The number of hydrogen-bond acceptors (Lipinski definition) is 5. The van der Waals surface area contributed by atoms with E-state index in [9.17, 15) is 35.9 Å². The molecule has 13 heteroatoms. The number of hydrogen-bond donors (Lipinski definition) is 3. The fraction of sp³-hybridized carbons (Fsp3) is 0.545. The monoisotopic (exact) mass is 509 g/mol. The molecular weight excluding hydrogens is 480 g/mol. The summed E-state index contributed by atoms with van der Waals surface area (Å²) in [5.74, 6) is -4.74. The molecule has 4 N–H and O–H groups in total. The molecule has 1 aliphatic heterocycles. The maximum Gasteiger partial charge on any atom is 0.405 e. The highest BCUT2D eigenvalue weighted by molar-refractivity contribution is 5.93. The van der Waals surface area contributed by atoms with E-state index in [1.807, 2.05) is 6.92 Å². The highest BCUT2D eigenvalue weighted by Crippen LogP contribution is 2.24. The van der Waals surface area contributed by atoms with Crippen LogP contribution >= 0.6 is 0 Å². The van der Waals surface area contributed by atoms with E-state index in [0.717, 1.165) is 4.90 Å². The van der Waals surface area contributed by atoms with E-state index >= 15 is 0 Å². The number of piperazine rings is 1. The average molecular weight is 509 g/mol. The molecule has 1 fully saturated rings. The van der Waals surface area contributed by atoms with Crippen molar-refractivity contribution in [2.45, 2.75) is 38.4 Å². The highest BCUT2D eigenvalue weighted by Gasteiger charge is 2.37. The minimum atomic E-state index is -4.53. The molecule has 0 aromatic heterocycles. The zero-order chi connectivity index (χ0) is 26.3. The molecule has 1 aromatic rings. The van der Waals surface area contributed by atoms with Gasteiger partial charge in [-0.3, -0.25) is 9.59 Å². The minimum absolute atomic E-state index is 0.00162. The van der Waals surface area contributed by atoms with Crippen molar-refractivity contribution in [3.63, 3.8) is 0 Å². The molecule has 35 heavy (non-hydrogen) atoms. The second-order valence-corrected chi connectivity index (χ2v) is 8.21. The van der Waals surface area contributed by atoms with E-state index < -0.39 is 48.0 Å². The highest BCUT2D eigenvalue weighted by atomic mass is 19.4.